The second kappa shape index (κ2) is 32.4. The molecule has 0 rings (SSSR count). The summed E-state index contributed by atoms with van der Waals surface area (Å²) in [4.78, 5) is 22.5. The van der Waals surface area contributed by atoms with Crippen LogP contribution < -0.4 is 11.1 Å². The second-order valence-electron chi connectivity index (χ2n) is 11.7. The first-order valence-corrected chi connectivity index (χ1v) is 19.2. The zero-order valence-corrected chi connectivity index (χ0v) is 29.5. The van der Waals surface area contributed by atoms with E-state index in [1.165, 1.54) is 51.4 Å². The number of nitrogens with one attached hydrogen (secondary N) is 1. The lowest BCUT2D eigenvalue weighted by molar-refractivity contribution is -0.123. The number of hydrogen-bond donors (Lipinski definition) is 4. The van der Waals surface area contributed by atoms with Gasteiger partial charge in [0, 0.05) is 13.0 Å². The van der Waals surface area contributed by atoms with Gasteiger partial charge < -0.3 is 21.1 Å². The molecule has 3 atom stereocenters. The molecule has 1 amide bonds. The number of aliphatic hydroxyl groups is 1. The van der Waals surface area contributed by atoms with E-state index in [4.69, 9.17) is 14.8 Å². The smallest absolute Gasteiger partial charge is 0.391 e. The van der Waals surface area contributed by atoms with Gasteiger partial charge in [-0.2, -0.15) is 0 Å². The fourth-order valence-electron chi connectivity index (χ4n) is 4.77. The van der Waals surface area contributed by atoms with Crippen LogP contribution in [0.25, 0.3) is 0 Å². The molecule has 0 heterocycles. The van der Waals surface area contributed by atoms with Crippen LogP contribution in [-0.2, 0) is 18.4 Å². The largest absolute Gasteiger partial charge is 0.472 e. The lowest BCUT2D eigenvalue weighted by atomic mass is 10.0. The van der Waals surface area contributed by atoms with Gasteiger partial charge in [0.25, 0.3) is 0 Å². The van der Waals surface area contributed by atoms with Crippen molar-refractivity contribution in [1.29, 1.82) is 0 Å². The average molecular weight is 655 g/mol. The fraction of sp³-hybridized carbons (Fsp3) is 0.750. The Hall–Kier alpha value is -1.54. The molecular formula is C36H67N2O6P. The Morgan fingerprint density at radius 3 is 1.84 bits per heavy atom. The number of allylic oxidation sites excluding steroid dienone is 8. The van der Waals surface area contributed by atoms with Crippen LogP contribution in [-0.4, -0.2) is 47.8 Å². The summed E-state index contributed by atoms with van der Waals surface area (Å²) in [6, 6.07) is -0.795. The summed E-state index contributed by atoms with van der Waals surface area (Å²) < 4.78 is 22.0. The molecule has 0 saturated carbocycles. The third-order valence-corrected chi connectivity index (χ3v) is 8.43. The molecule has 0 aromatic rings. The van der Waals surface area contributed by atoms with E-state index in [-0.39, 0.29) is 25.7 Å². The summed E-state index contributed by atoms with van der Waals surface area (Å²) in [7, 11) is -4.32. The summed E-state index contributed by atoms with van der Waals surface area (Å²) in [5, 5.41) is 13.7. The van der Waals surface area contributed by atoms with Crippen LogP contribution in [0.2, 0.25) is 0 Å². The Bertz CT molecular complexity index is 845. The van der Waals surface area contributed by atoms with Crippen LogP contribution >= 0.6 is 7.82 Å². The molecule has 0 aromatic carbocycles. The molecule has 0 spiro atoms. The van der Waals surface area contributed by atoms with Crippen LogP contribution in [0, 0.1) is 0 Å². The molecule has 45 heavy (non-hydrogen) atoms. The number of phosphoric acid groups is 1. The topological polar surface area (TPSA) is 131 Å². The van der Waals surface area contributed by atoms with Crippen molar-refractivity contribution in [1.82, 2.24) is 5.32 Å². The normalized spacial score (nSPS) is 15.0. The van der Waals surface area contributed by atoms with Gasteiger partial charge >= 0.3 is 7.82 Å². The van der Waals surface area contributed by atoms with E-state index in [0.29, 0.717) is 19.3 Å². The third kappa shape index (κ3) is 30.9. The minimum atomic E-state index is -4.32. The molecule has 0 bridgehead atoms. The minimum Gasteiger partial charge on any atom is -0.391 e. The molecule has 0 aliphatic carbocycles. The molecule has 3 unspecified atom stereocenters. The van der Waals surface area contributed by atoms with E-state index < -0.39 is 20.0 Å². The van der Waals surface area contributed by atoms with Crippen LogP contribution in [0.4, 0.5) is 0 Å². The molecule has 262 valence electrons. The van der Waals surface area contributed by atoms with Crippen LogP contribution in [0.15, 0.2) is 48.6 Å². The standard InChI is InChI=1S/C36H67N2O6P/c1-3-5-7-9-11-13-15-16-17-18-20-22-24-26-28-30-36(40)38-34(33-44-45(41,42)43-32-31-37)35(39)29-27-25-23-21-19-14-12-10-8-6-4-2/h5,7,11,13,16-17,20,22,34-35,39H,3-4,6,8-10,12,14-15,18-19,21,23-33,37H2,1-2H3,(H,38,40)(H,41,42)/b7-5-,13-11-,17-16-,22-20-. The summed E-state index contributed by atoms with van der Waals surface area (Å²) in [5.74, 6) is -0.206. The molecule has 9 heteroatoms. The highest BCUT2D eigenvalue weighted by molar-refractivity contribution is 7.47. The highest BCUT2D eigenvalue weighted by atomic mass is 31.2. The van der Waals surface area contributed by atoms with Gasteiger partial charge in [-0.1, -0.05) is 133 Å². The zero-order valence-electron chi connectivity index (χ0n) is 28.6. The van der Waals surface area contributed by atoms with Crippen LogP contribution in [0.3, 0.4) is 0 Å². The van der Waals surface area contributed by atoms with Crippen molar-refractivity contribution < 1.29 is 28.4 Å². The Balaban J connectivity index is 4.39. The highest BCUT2D eigenvalue weighted by Gasteiger charge is 2.27. The quantitative estimate of drug-likeness (QED) is 0.0323. The van der Waals surface area contributed by atoms with Crippen molar-refractivity contribution in [3.05, 3.63) is 48.6 Å². The van der Waals surface area contributed by atoms with Gasteiger partial charge in [-0.15, -0.1) is 0 Å². The molecule has 8 nitrogen and oxygen atoms in total. The maximum atomic E-state index is 12.7. The van der Waals surface area contributed by atoms with E-state index in [2.05, 4.69) is 67.8 Å². The van der Waals surface area contributed by atoms with Crippen molar-refractivity contribution in [2.45, 2.75) is 154 Å². The number of unbranched alkanes of at least 4 members (excludes halogenated alkanes) is 12. The molecule has 0 fully saturated rings. The van der Waals surface area contributed by atoms with Crippen LogP contribution in [0.1, 0.15) is 142 Å². The van der Waals surface area contributed by atoms with Crippen LogP contribution in [0.5, 0.6) is 0 Å². The van der Waals surface area contributed by atoms with Crippen molar-refractivity contribution in [2.75, 3.05) is 19.8 Å². The van der Waals surface area contributed by atoms with Gasteiger partial charge in [0.05, 0.1) is 25.4 Å². The van der Waals surface area contributed by atoms with E-state index in [1.54, 1.807) is 0 Å². The summed E-state index contributed by atoms with van der Waals surface area (Å²) in [5.41, 5.74) is 5.35. The number of carbonyl (C=O) groups is 1. The molecule has 5 N–H and O–H groups in total. The maximum absolute atomic E-state index is 12.7. The van der Waals surface area contributed by atoms with Gasteiger partial charge in [-0.3, -0.25) is 13.8 Å². The molecule has 0 aliphatic heterocycles. The summed E-state index contributed by atoms with van der Waals surface area (Å²) >= 11 is 0. The van der Waals surface area contributed by atoms with E-state index in [0.717, 1.165) is 57.8 Å². The Morgan fingerprint density at radius 1 is 0.756 bits per heavy atom. The lowest BCUT2D eigenvalue weighted by Crippen LogP contribution is -2.46. The predicted molar refractivity (Wildman–Crippen MR) is 189 cm³/mol. The number of nitrogens with two attached hydrogens (primary N) is 1. The summed E-state index contributed by atoms with van der Waals surface area (Å²) in [6.45, 7) is 4.02. The van der Waals surface area contributed by atoms with E-state index in [9.17, 15) is 19.4 Å². The van der Waals surface area contributed by atoms with Gasteiger partial charge in [-0.25, -0.2) is 4.57 Å². The molecule has 0 aromatic heterocycles. The third-order valence-electron chi connectivity index (χ3n) is 7.45. The first kappa shape index (κ1) is 43.5. The summed E-state index contributed by atoms with van der Waals surface area (Å²) in [6.07, 6.45) is 36.9. The second-order valence-corrected chi connectivity index (χ2v) is 13.2. The Morgan fingerprint density at radius 2 is 1.29 bits per heavy atom. The number of phosphoric ester groups is 1. The zero-order chi connectivity index (χ0) is 33.3. The van der Waals surface area contributed by atoms with E-state index in [1.807, 2.05) is 0 Å². The number of carbonyl (C=O) groups excluding carboxylic acids is 1. The SMILES string of the molecule is CC/C=C\C/C=C\C/C=C\C/C=C\CCCCC(=O)NC(COP(=O)(O)OCCN)C(O)CCCCCCCCCCCCC. The van der Waals surface area contributed by atoms with Gasteiger partial charge in [0.2, 0.25) is 5.91 Å². The number of amides is 1. The number of rotatable bonds is 32. The molecular weight excluding hydrogens is 587 g/mol. The Labute approximate surface area is 275 Å². The first-order chi connectivity index (χ1) is 21.9. The first-order valence-electron chi connectivity index (χ1n) is 17.8. The van der Waals surface area contributed by atoms with Gasteiger partial charge in [0.15, 0.2) is 0 Å². The average Bonchev–Trinajstić information content (AvgIpc) is 3.02. The molecule has 0 saturated heterocycles. The lowest BCUT2D eigenvalue weighted by Gasteiger charge is -2.25. The number of aliphatic hydroxyl groups excluding tert-OH is 1. The number of hydrogen-bond acceptors (Lipinski definition) is 6. The van der Waals surface area contributed by atoms with Crippen molar-refractivity contribution >= 4 is 13.7 Å². The monoisotopic (exact) mass is 654 g/mol. The van der Waals surface area contributed by atoms with Crippen molar-refractivity contribution in [3.63, 3.8) is 0 Å². The van der Waals surface area contributed by atoms with Crippen molar-refractivity contribution in [2.24, 2.45) is 5.73 Å². The predicted octanol–water partition coefficient (Wildman–Crippen LogP) is 8.99. The van der Waals surface area contributed by atoms with Crippen molar-refractivity contribution in [3.8, 4) is 0 Å². The fourth-order valence-corrected chi connectivity index (χ4v) is 5.53. The highest BCUT2D eigenvalue weighted by Crippen LogP contribution is 2.43. The van der Waals surface area contributed by atoms with Gasteiger partial charge in [0.1, 0.15) is 0 Å². The van der Waals surface area contributed by atoms with E-state index >= 15 is 0 Å². The molecule has 0 aliphatic rings. The molecule has 0 radical (unpaired) electrons. The Kier molecular flexibility index (Phi) is 31.3. The maximum Gasteiger partial charge on any atom is 0.472 e. The van der Waals surface area contributed by atoms with Gasteiger partial charge in [-0.05, 0) is 51.4 Å². The minimum absolute atomic E-state index is 0.0798.